The standard InChI is InChI=1S/C16H24BrNO/c1-12(2)19-16-9-6-8-15(17)14(16)11-18-10-5-4-7-13(18)3/h6,8-9,12-13H,4-5,7,10-11H2,1-3H3. The first-order valence-electron chi connectivity index (χ1n) is 7.26. The van der Waals surface area contributed by atoms with Gasteiger partial charge >= 0.3 is 0 Å². The lowest BCUT2D eigenvalue weighted by atomic mass is 10.0. The average Bonchev–Trinajstić information content (AvgIpc) is 2.35. The third-order valence-electron chi connectivity index (χ3n) is 3.74. The summed E-state index contributed by atoms with van der Waals surface area (Å²) < 4.78 is 7.10. The van der Waals surface area contributed by atoms with Crippen molar-refractivity contribution in [1.82, 2.24) is 4.90 Å². The van der Waals surface area contributed by atoms with Crippen LogP contribution in [0.1, 0.15) is 45.6 Å². The molecule has 1 heterocycles. The molecule has 0 bridgehead atoms. The van der Waals surface area contributed by atoms with Gasteiger partial charge in [-0.15, -0.1) is 0 Å². The van der Waals surface area contributed by atoms with Crippen molar-refractivity contribution in [2.24, 2.45) is 0 Å². The molecule has 19 heavy (non-hydrogen) atoms. The second-order valence-electron chi connectivity index (χ2n) is 5.70. The van der Waals surface area contributed by atoms with Gasteiger partial charge < -0.3 is 4.74 Å². The minimum absolute atomic E-state index is 0.215. The minimum Gasteiger partial charge on any atom is -0.491 e. The quantitative estimate of drug-likeness (QED) is 0.801. The zero-order chi connectivity index (χ0) is 13.8. The summed E-state index contributed by atoms with van der Waals surface area (Å²) in [5, 5.41) is 0. The van der Waals surface area contributed by atoms with E-state index in [9.17, 15) is 0 Å². The van der Waals surface area contributed by atoms with Gasteiger partial charge in [-0.05, 0) is 52.3 Å². The first kappa shape index (κ1) is 14.9. The van der Waals surface area contributed by atoms with Crippen molar-refractivity contribution in [2.45, 2.75) is 58.7 Å². The number of piperidine rings is 1. The number of hydrogen-bond donors (Lipinski definition) is 0. The van der Waals surface area contributed by atoms with Crippen LogP contribution in [0.5, 0.6) is 5.75 Å². The van der Waals surface area contributed by atoms with Crippen LogP contribution in [0.2, 0.25) is 0 Å². The van der Waals surface area contributed by atoms with Crippen LogP contribution in [0.4, 0.5) is 0 Å². The maximum absolute atomic E-state index is 5.95. The predicted molar refractivity (Wildman–Crippen MR) is 83.6 cm³/mol. The summed E-state index contributed by atoms with van der Waals surface area (Å²) in [6, 6.07) is 6.91. The molecule has 1 aliphatic heterocycles. The van der Waals surface area contributed by atoms with Crippen molar-refractivity contribution in [2.75, 3.05) is 6.54 Å². The van der Waals surface area contributed by atoms with E-state index in [4.69, 9.17) is 4.74 Å². The normalized spacial score (nSPS) is 20.8. The number of halogens is 1. The van der Waals surface area contributed by atoms with E-state index < -0.39 is 0 Å². The third kappa shape index (κ3) is 3.96. The van der Waals surface area contributed by atoms with E-state index in [1.807, 2.05) is 6.07 Å². The van der Waals surface area contributed by atoms with Crippen LogP contribution in [0.3, 0.4) is 0 Å². The second-order valence-corrected chi connectivity index (χ2v) is 6.55. The lowest BCUT2D eigenvalue weighted by Crippen LogP contribution is -2.37. The van der Waals surface area contributed by atoms with Gasteiger partial charge in [0.05, 0.1) is 6.10 Å². The lowest BCUT2D eigenvalue weighted by Gasteiger charge is -2.34. The Hall–Kier alpha value is -0.540. The topological polar surface area (TPSA) is 12.5 Å². The Bertz CT molecular complexity index is 419. The number of rotatable bonds is 4. The highest BCUT2D eigenvalue weighted by Crippen LogP contribution is 2.31. The predicted octanol–water partition coefficient (Wildman–Crippen LogP) is 4.61. The Balaban J connectivity index is 2.17. The molecular weight excluding hydrogens is 302 g/mol. The highest BCUT2D eigenvalue weighted by Gasteiger charge is 2.21. The van der Waals surface area contributed by atoms with Gasteiger partial charge in [-0.1, -0.05) is 28.4 Å². The molecular formula is C16H24BrNO. The molecule has 0 spiro atoms. The monoisotopic (exact) mass is 325 g/mol. The van der Waals surface area contributed by atoms with Gasteiger partial charge in [-0.3, -0.25) is 4.90 Å². The average molecular weight is 326 g/mol. The van der Waals surface area contributed by atoms with Gasteiger partial charge in [0.25, 0.3) is 0 Å². The number of ether oxygens (including phenoxy) is 1. The highest BCUT2D eigenvalue weighted by atomic mass is 79.9. The lowest BCUT2D eigenvalue weighted by molar-refractivity contribution is 0.148. The molecule has 1 fully saturated rings. The largest absolute Gasteiger partial charge is 0.491 e. The van der Waals surface area contributed by atoms with Crippen LogP contribution in [0, 0.1) is 0 Å². The molecule has 0 aliphatic carbocycles. The smallest absolute Gasteiger partial charge is 0.125 e. The molecule has 3 heteroatoms. The molecule has 1 unspecified atom stereocenters. The van der Waals surface area contributed by atoms with Crippen molar-refractivity contribution in [3.8, 4) is 5.75 Å². The summed E-state index contributed by atoms with van der Waals surface area (Å²) in [6.07, 6.45) is 4.20. The molecule has 1 saturated heterocycles. The molecule has 0 aromatic heterocycles. The third-order valence-corrected chi connectivity index (χ3v) is 4.48. The van der Waals surface area contributed by atoms with E-state index in [0.29, 0.717) is 6.04 Å². The molecule has 2 rings (SSSR count). The van der Waals surface area contributed by atoms with Gasteiger partial charge in [-0.25, -0.2) is 0 Å². The first-order chi connectivity index (χ1) is 9.08. The minimum atomic E-state index is 0.215. The zero-order valence-electron chi connectivity index (χ0n) is 12.2. The molecule has 0 radical (unpaired) electrons. The van der Waals surface area contributed by atoms with E-state index in [-0.39, 0.29) is 6.10 Å². The molecule has 1 aromatic rings. The Morgan fingerprint density at radius 1 is 1.37 bits per heavy atom. The molecule has 2 nitrogen and oxygen atoms in total. The van der Waals surface area contributed by atoms with Crippen LogP contribution in [0.15, 0.2) is 22.7 Å². The first-order valence-corrected chi connectivity index (χ1v) is 8.05. The van der Waals surface area contributed by atoms with Crippen LogP contribution in [-0.2, 0) is 6.54 Å². The zero-order valence-corrected chi connectivity index (χ0v) is 13.7. The Morgan fingerprint density at radius 2 is 2.16 bits per heavy atom. The summed E-state index contributed by atoms with van der Waals surface area (Å²) in [5.74, 6) is 1.02. The molecule has 0 amide bonds. The molecule has 0 saturated carbocycles. The number of likely N-dealkylation sites (tertiary alicyclic amines) is 1. The van der Waals surface area contributed by atoms with Crippen LogP contribution in [0.25, 0.3) is 0 Å². The van der Waals surface area contributed by atoms with Crippen molar-refractivity contribution in [3.63, 3.8) is 0 Å². The van der Waals surface area contributed by atoms with E-state index in [2.05, 4.69) is 53.7 Å². The molecule has 1 aliphatic rings. The second kappa shape index (κ2) is 6.76. The van der Waals surface area contributed by atoms with E-state index in [0.717, 1.165) is 16.8 Å². The number of benzene rings is 1. The summed E-state index contributed by atoms with van der Waals surface area (Å²) in [5.41, 5.74) is 1.28. The fraction of sp³-hybridized carbons (Fsp3) is 0.625. The van der Waals surface area contributed by atoms with Crippen LogP contribution >= 0.6 is 15.9 Å². The SMILES string of the molecule is CC(C)Oc1cccc(Br)c1CN1CCCCC1C. The fourth-order valence-corrected chi connectivity index (χ4v) is 3.13. The van der Waals surface area contributed by atoms with Gasteiger partial charge in [0.2, 0.25) is 0 Å². The van der Waals surface area contributed by atoms with E-state index in [1.165, 1.54) is 31.4 Å². The number of nitrogens with zero attached hydrogens (tertiary/aromatic N) is 1. The Labute approximate surface area is 125 Å². The summed E-state index contributed by atoms with van der Waals surface area (Å²) >= 11 is 3.68. The molecule has 0 N–H and O–H groups in total. The summed E-state index contributed by atoms with van der Waals surface area (Å²) in [6.45, 7) is 8.66. The maximum atomic E-state index is 5.95. The van der Waals surface area contributed by atoms with Gasteiger partial charge in [0.15, 0.2) is 0 Å². The van der Waals surface area contributed by atoms with Crippen molar-refractivity contribution >= 4 is 15.9 Å². The van der Waals surface area contributed by atoms with Gasteiger partial charge in [0, 0.05) is 22.6 Å². The molecule has 1 atom stereocenters. The van der Waals surface area contributed by atoms with Crippen molar-refractivity contribution < 1.29 is 4.74 Å². The number of hydrogen-bond acceptors (Lipinski definition) is 2. The Morgan fingerprint density at radius 3 is 2.84 bits per heavy atom. The van der Waals surface area contributed by atoms with Crippen LogP contribution < -0.4 is 4.74 Å². The van der Waals surface area contributed by atoms with Crippen molar-refractivity contribution in [1.29, 1.82) is 0 Å². The highest BCUT2D eigenvalue weighted by molar-refractivity contribution is 9.10. The molecule has 106 valence electrons. The van der Waals surface area contributed by atoms with E-state index >= 15 is 0 Å². The summed E-state index contributed by atoms with van der Waals surface area (Å²) in [4.78, 5) is 2.57. The van der Waals surface area contributed by atoms with E-state index in [1.54, 1.807) is 0 Å². The van der Waals surface area contributed by atoms with Gasteiger partial charge in [-0.2, -0.15) is 0 Å². The Kier molecular flexibility index (Phi) is 5.28. The van der Waals surface area contributed by atoms with Gasteiger partial charge in [0.1, 0.15) is 5.75 Å². The van der Waals surface area contributed by atoms with Crippen molar-refractivity contribution in [3.05, 3.63) is 28.2 Å². The maximum Gasteiger partial charge on any atom is 0.125 e. The van der Waals surface area contributed by atoms with Crippen LogP contribution in [-0.4, -0.2) is 23.6 Å². The summed E-state index contributed by atoms with van der Waals surface area (Å²) in [7, 11) is 0. The molecule has 1 aromatic carbocycles. The fourth-order valence-electron chi connectivity index (χ4n) is 2.65.